The van der Waals surface area contributed by atoms with E-state index < -0.39 is 0 Å². The van der Waals surface area contributed by atoms with Crippen LogP contribution in [-0.2, 0) is 5.41 Å². The Bertz CT molecular complexity index is 1380. The van der Waals surface area contributed by atoms with Crippen molar-refractivity contribution < 1.29 is 9.47 Å². The van der Waals surface area contributed by atoms with Crippen molar-refractivity contribution in [3.63, 3.8) is 0 Å². The van der Waals surface area contributed by atoms with Gasteiger partial charge in [0.2, 0.25) is 0 Å². The lowest BCUT2D eigenvalue weighted by molar-refractivity contribution is 0.306. The van der Waals surface area contributed by atoms with E-state index in [1.165, 1.54) is 220 Å². The maximum Gasteiger partial charge on any atom is 0.135 e. The average Bonchev–Trinajstić information content (AvgIpc) is 3.20. The van der Waals surface area contributed by atoms with Gasteiger partial charge in [-0.15, -0.1) is 0 Å². The van der Waals surface area contributed by atoms with Crippen LogP contribution >= 0.6 is 0 Å². The molecule has 0 saturated heterocycles. The van der Waals surface area contributed by atoms with Gasteiger partial charge < -0.3 is 9.47 Å². The maximum atomic E-state index is 6.76. The van der Waals surface area contributed by atoms with Crippen LogP contribution in [0.4, 0.5) is 0 Å². The minimum atomic E-state index is 0.0690. The van der Waals surface area contributed by atoms with E-state index in [1.807, 2.05) is 0 Å². The Morgan fingerprint density at radius 2 is 0.625 bits per heavy atom. The van der Waals surface area contributed by atoms with Crippen molar-refractivity contribution in [2.24, 2.45) is 0 Å². The second-order valence-corrected chi connectivity index (χ2v) is 18.5. The highest BCUT2D eigenvalue weighted by molar-refractivity contribution is 6.11. The molecular formula is C54H90O2. The molecule has 3 aromatic rings. The van der Waals surface area contributed by atoms with Gasteiger partial charge in [0.05, 0.1) is 13.2 Å². The third kappa shape index (κ3) is 20.0. The van der Waals surface area contributed by atoms with Crippen molar-refractivity contribution in [2.45, 2.75) is 245 Å². The molecule has 318 valence electrons. The molecule has 0 radical (unpaired) electrons. The fourth-order valence-electron chi connectivity index (χ4n) is 8.53. The van der Waals surface area contributed by atoms with E-state index in [4.69, 9.17) is 9.47 Å². The summed E-state index contributed by atoms with van der Waals surface area (Å²) in [7, 11) is 0. The molecule has 0 atom stereocenters. The molecule has 0 aliphatic rings. The van der Waals surface area contributed by atoms with Crippen LogP contribution in [0.2, 0.25) is 0 Å². The molecule has 0 amide bonds. The standard InChI is InChI=1S/C54H90O2/c1-6-8-10-12-14-16-18-20-22-24-26-28-30-32-34-38-44-55-52-48-40-36-37-41-49(48)53(51-46-47(54(3,4)5)42-43-50(51)52)56-45-39-35-33-31-29-27-25-23-21-19-17-15-13-11-9-7-2/h36-37,40-43,46H,6-35,38-39,44-45H2,1-5H3. The van der Waals surface area contributed by atoms with Crippen LogP contribution in [0.25, 0.3) is 21.5 Å². The highest BCUT2D eigenvalue weighted by Gasteiger charge is 2.20. The number of hydrogen-bond donors (Lipinski definition) is 0. The lowest BCUT2D eigenvalue weighted by Crippen LogP contribution is -2.11. The molecule has 0 saturated carbocycles. The summed E-state index contributed by atoms with van der Waals surface area (Å²) in [5, 5.41) is 4.76. The molecule has 0 aromatic heterocycles. The summed E-state index contributed by atoms with van der Waals surface area (Å²) < 4.78 is 13.5. The topological polar surface area (TPSA) is 18.5 Å². The maximum absolute atomic E-state index is 6.76. The molecule has 0 bridgehead atoms. The Kier molecular flexibility index (Phi) is 26.5. The number of fused-ring (bicyclic) bond motifs is 2. The summed E-state index contributed by atoms with van der Waals surface area (Å²) in [6, 6.07) is 15.8. The fraction of sp³-hybridized carbons (Fsp3) is 0.741. The zero-order valence-electron chi connectivity index (χ0n) is 37.9. The SMILES string of the molecule is CCCCCCCCCCCCCCCCCCOc1c2ccccc2c(OCCCCCCCCCCCCCCCCCC)c2cc(C(C)(C)C)ccc12. The zero-order chi connectivity index (χ0) is 39.9. The van der Waals surface area contributed by atoms with Gasteiger partial charge >= 0.3 is 0 Å². The van der Waals surface area contributed by atoms with E-state index in [9.17, 15) is 0 Å². The van der Waals surface area contributed by atoms with E-state index in [1.54, 1.807) is 0 Å². The Balaban J connectivity index is 1.39. The van der Waals surface area contributed by atoms with Crippen LogP contribution in [0.15, 0.2) is 42.5 Å². The molecule has 0 fully saturated rings. The summed E-state index contributed by atoms with van der Waals surface area (Å²) in [4.78, 5) is 0. The summed E-state index contributed by atoms with van der Waals surface area (Å²) >= 11 is 0. The van der Waals surface area contributed by atoms with Crippen LogP contribution in [0.1, 0.15) is 246 Å². The first kappa shape index (κ1) is 48.2. The molecule has 0 aliphatic carbocycles. The van der Waals surface area contributed by atoms with E-state index in [-0.39, 0.29) is 5.41 Å². The molecule has 0 aliphatic heterocycles. The van der Waals surface area contributed by atoms with E-state index >= 15 is 0 Å². The summed E-state index contributed by atoms with van der Waals surface area (Å²) in [6.45, 7) is 13.1. The first-order chi connectivity index (χ1) is 27.5. The predicted molar refractivity (Wildman–Crippen MR) is 250 cm³/mol. The van der Waals surface area contributed by atoms with Gasteiger partial charge in [0.15, 0.2) is 0 Å². The summed E-state index contributed by atoms with van der Waals surface area (Å²) in [6.07, 6.45) is 44.4. The van der Waals surface area contributed by atoms with E-state index in [2.05, 4.69) is 77.1 Å². The molecule has 3 aromatic carbocycles. The zero-order valence-corrected chi connectivity index (χ0v) is 37.9. The lowest BCUT2D eigenvalue weighted by atomic mass is 9.85. The van der Waals surface area contributed by atoms with Crippen LogP contribution in [-0.4, -0.2) is 13.2 Å². The molecule has 56 heavy (non-hydrogen) atoms. The minimum absolute atomic E-state index is 0.0690. The molecule has 2 heteroatoms. The second-order valence-electron chi connectivity index (χ2n) is 18.5. The highest BCUT2D eigenvalue weighted by atomic mass is 16.5. The van der Waals surface area contributed by atoms with Crippen molar-refractivity contribution in [3.8, 4) is 11.5 Å². The van der Waals surface area contributed by atoms with E-state index in [0.29, 0.717) is 0 Å². The molecule has 0 spiro atoms. The Hall–Kier alpha value is -2.22. The minimum Gasteiger partial charge on any atom is -0.492 e. The third-order valence-corrected chi connectivity index (χ3v) is 12.3. The Morgan fingerprint density at radius 3 is 0.946 bits per heavy atom. The number of hydrogen-bond acceptors (Lipinski definition) is 2. The van der Waals surface area contributed by atoms with Gasteiger partial charge in [0.1, 0.15) is 11.5 Å². The quantitative estimate of drug-likeness (QED) is 0.0433. The molecule has 2 nitrogen and oxygen atoms in total. The Labute approximate surface area is 348 Å². The van der Waals surface area contributed by atoms with Crippen LogP contribution in [0, 0.1) is 0 Å². The van der Waals surface area contributed by atoms with Crippen LogP contribution < -0.4 is 9.47 Å². The molecule has 3 rings (SSSR count). The monoisotopic (exact) mass is 771 g/mol. The van der Waals surface area contributed by atoms with Gasteiger partial charge in [-0.2, -0.15) is 0 Å². The van der Waals surface area contributed by atoms with Crippen LogP contribution in [0.3, 0.4) is 0 Å². The van der Waals surface area contributed by atoms with Gasteiger partial charge in [-0.3, -0.25) is 0 Å². The first-order valence-corrected chi connectivity index (χ1v) is 24.7. The van der Waals surface area contributed by atoms with Crippen molar-refractivity contribution in [1.82, 2.24) is 0 Å². The van der Waals surface area contributed by atoms with Crippen LogP contribution in [0.5, 0.6) is 11.5 Å². The normalized spacial score (nSPS) is 11.9. The molecule has 0 unspecified atom stereocenters. The van der Waals surface area contributed by atoms with Crippen molar-refractivity contribution in [2.75, 3.05) is 13.2 Å². The van der Waals surface area contributed by atoms with Gasteiger partial charge in [0.25, 0.3) is 0 Å². The second kappa shape index (κ2) is 30.8. The van der Waals surface area contributed by atoms with Gasteiger partial charge in [-0.25, -0.2) is 0 Å². The molecular weight excluding hydrogens is 681 g/mol. The molecule has 0 heterocycles. The molecule has 0 N–H and O–H groups in total. The smallest absolute Gasteiger partial charge is 0.135 e. The number of benzene rings is 3. The summed E-state index contributed by atoms with van der Waals surface area (Å²) in [5.74, 6) is 2.07. The van der Waals surface area contributed by atoms with Gasteiger partial charge in [0, 0.05) is 21.5 Å². The first-order valence-electron chi connectivity index (χ1n) is 24.7. The van der Waals surface area contributed by atoms with Crippen molar-refractivity contribution in [1.29, 1.82) is 0 Å². The summed E-state index contributed by atoms with van der Waals surface area (Å²) in [5.41, 5.74) is 1.41. The average molecular weight is 771 g/mol. The predicted octanol–water partition coefficient (Wildman–Crippen LogP) is 18.6. The lowest BCUT2D eigenvalue weighted by Gasteiger charge is -2.22. The van der Waals surface area contributed by atoms with Gasteiger partial charge in [-0.1, -0.05) is 264 Å². The number of ether oxygens (including phenoxy) is 2. The largest absolute Gasteiger partial charge is 0.492 e. The van der Waals surface area contributed by atoms with Gasteiger partial charge in [-0.05, 0) is 29.9 Å². The van der Waals surface area contributed by atoms with E-state index in [0.717, 1.165) is 37.6 Å². The third-order valence-electron chi connectivity index (χ3n) is 12.3. The van der Waals surface area contributed by atoms with Crippen molar-refractivity contribution >= 4 is 21.5 Å². The number of rotatable bonds is 36. The fourth-order valence-corrected chi connectivity index (χ4v) is 8.53. The number of unbranched alkanes of at least 4 members (excludes halogenated alkanes) is 30. The Morgan fingerprint density at radius 1 is 0.339 bits per heavy atom. The van der Waals surface area contributed by atoms with Crippen molar-refractivity contribution in [3.05, 3.63) is 48.0 Å². The highest BCUT2D eigenvalue weighted by Crippen LogP contribution is 2.44.